The molecule has 1 aromatic heterocycles. The fourth-order valence-electron chi connectivity index (χ4n) is 2.56. The van der Waals surface area contributed by atoms with Crippen LogP contribution in [0.5, 0.6) is 5.75 Å². The Morgan fingerprint density at radius 2 is 1.92 bits per heavy atom. The zero-order chi connectivity index (χ0) is 18.4. The van der Waals surface area contributed by atoms with Crippen molar-refractivity contribution >= 4 is 40.4 Å². The number of carbonyl (C=O) groups is 1. The quantitative estimate of drug-likeness (QED) is 0.426. The minimum atomic E-state index is -0.310. The Morgan fingerprint density at radius 1 is 1.15 bits per heavy atom. The Hall–Kier alpha value is -2.18. The molecule has 2 aromatic carbocycles. The number of nitrogens with zero attached hydrogens (tertiary/aromatic N) is 2. The highest BCUT2D eigenvalue weighted by Gasteiger charge is 2.14. The Morgan fingerprint density at radius 3 is 2.69 bits per heavy atom. The van der Waals surface area contributed by atoms with Crippen LogP contribution in [-0.2, 0) is 21.8 Å². The van der Waals surface area contributed by atoms with E-state index >= 15 is 0 Å². The minimum Gasteiger partial charge on any atom is -0.490 e. The third-order valence-electron chi connectivity index (χ3n) is 3.72. The van der Waals surface area contributed by atoms with Crippen molar-refractivity contribution in [2.45, 2.75) is 12.3 Å². The number of benzene rings is 2. The molecular weight excluding hydrogens is 372 g/mol. The van der Waals surface area contributed by atoms with E-state index in [4.69, 9.17) is 21.1 Å². The minimum absolute atomic E-state index is 0.136. The molecule has 0 spiro atoms. The van der Waals surface area contributed by atoms with E-state index in [-0.39, 0.29) is 25.7 Å². The first-order chi connectivity index (χ1) is 12.7. The van der Waals surface area contributed by atoms with Crippen molar-refractivity contribution in [3.8, 4) is 5.75 Å². The van der Waals surface area contributed by atoms with Crippen LogP contribution in [0, 0.1) is 0 Å². The summed E-state index contributed by atoms with van der Waals surface area (Å²) < 4.78 is 12.7. The number of esters is 1. The topological polar surface area (TPSA) is 53.4 Å². The van der Waals surface area contributed by atoms with Gasteiger partial charge in [-0.25, -0.2) is 4.98 Å². The molecule has 0 saturated heterocycles. The molecule has 0 saturated carbocycles. The van der Waals surface area contributed by atoms with E-state index in [0.29, 0.717) is 10.8 Å². The molecule has 3 rings (SSSR count). The maximum atomic E-state index is 12.2. The molecule has 0 atom stereocenters. The summed E-state index contributed by atoms with van der Waals surface area (Å²) in [5.41, 5.74) is 1.82. The van der Waals surface area contributed by atoms with Crippen LogP contribution in [-0.4, -0.2) is 35.0 Å². The van der Waals surface area contributed by atoms with Gasteiger partial charge < -0.3 is 14.0 Å². The summed E-state index contributed by atoms with van der Waals surface area (Å²) in [7, 11) is 0. The lowest BCUT2D eigenvalue weighted by atomic mass is 10.3. The molecule has 0 bridgehead atoms. The Bertz CT molecular complexity index is 880. The number of fused-ring (bicyclic) bond motifs is 1. The molecule has 0 amide bonds. The van der Waals surface area contributed by atoms with Crippen molar-refractivity contribution in [3.63, 3.8) is 0 Å². The first kappa shape index (κ1) is 18.6. The van der Waals surface area contributed by atoms with Crippen LogP contribution in [0.1, 0.15) is 5.82 Å². The lowest BCUT2D eigenvalue weighted by Crippen LogP contribution is -2.18. The third kappa shape index (κ3) is 4.71. The van der Waals surface area contributed by atoms with Gasteiger partial charge in [-0.05, 0) is 42.7 Å². The normalized spacial score (nSPS) is 10.8. The maximum Gasteiger partial charge on any atom is 0.326 e. The zero-order valence-corrected chi connectivity index (χ0v) is 15.9. The second-order valence-electron chi connectivity index (χ2n) is 5.56. The van der Waals surface area contributed by atoms with Crippen LogP contribution in [0.4, 0.5) is 0 Å². The number of ether oxygens (including phenoxy) is 2. The molecule has 0 aliphatic carbocycles. The second kappa shape index (κ2) is 8.96. The molecule has 136 valence electrons. The predicted octanol–water partition coefficient (Wildman–Crippen LogP) is 4.17. The van der Waals surface area contributed by atoms with Gasteiger partial charge in [0.15, 0.2) is 0 Å². The van der Waals surface area contributed by atoms with E-state index in [9.17, 15) is 4.79 Å². The van der Waals surface area contributed by atoms with Gasteiger partial charge in [0.25, 0.3) is 0 Å². The summed E-state index contributed by atoms with van der Waals surface area (Å²) in [4.78, 5) is 16.8. The van der Waals surface area contributed by atoms with E-state index in [1.165, 1.54) is 0 Å². The molecule has 0 aliphatic heterocycles. The molecule has 0 radical (unpaired) electrons. The number of thioether (sulfide) groups is 1. The van der Waals surface area contributed by atoms with Crippen LogP contribution >= 0.6 is 23.4 Å². The van der Waals surface area contributed by atoms with Crippen molar-refractivity contribution < 1.29 is 14.3 Å². The average molecular weight is 391 g/mol. The summed E-state index contributed by atoms with van der Waals surface area (Å²) >= 11 is 7.49. The molecule has 26 heavy (non-hydrogen) atoms. The number of hydrogen-bond donors (Lipinski definition) is 0. The summed E-state index contributed by atoms with van der Waals surface area (Å²) in [5, 5.41) is 0.650. The molecule has 0 aliphatic rings. The highest BCUT2D eigenvalue weighted by atomic mass is 35.5. The summed E-state index contributed by atoms with van der Waals surface area (Å²) in [6.45, 7) is 0.610. The SMILES string of the molecule is CSCc1nc2ccccc2n1CC(=O)OCCOc1ccc(Cl)cc1. The maximum absolute atomic E-state index is 12.2. The number of halogens is 1. The molecule has 3 aromatic rings. The van der Waals surface area contributed by atoms with Gasteiger partial charge in [0, 0.05) is 5.02 Å². The average Bonchev–Trinajstić information content (AvgIpc) is 2.98. The van der Waals surface area contributed by atoms with Crippen LogP contribution in [0.2, 0.25) is 5.02 Å². The summed E-state index contributed by atoms with van der Waals surface area (Å²) in [6.07, 6.45) is 2.01. The third-order valence-corrected chi connectivity index (χ3v) is 4.52. The van der Waals surface area contributed by atoms with E-state index in [1.54, 1.807) is 36.0 Å². The highest BCUT2D eigenvalue weighted by molar-refractivity contribution is 7.97. The molecule has 5 nitrogen and oxygen atoms in total. The van der Waals surface area contributed by atoms with Crippen LogP contribution in [0.3, 0.4) is 0 Å². The predicted molar refractivity (Wildman–Crippen MR) is 105 cm³/mol. The van der Waals surface area contributed by atoms with Crippen molar-refractivity contribution in [2.75, 3.05) is 19.5 Å². The number of para-hydroxylation sites is 2. The monoisotopic (exact) mass is 390 g/mol. The second-order valence-corrected chi connectivity index (χ2v) is 6.86. The summed E-state index contributed by atoms with van der Waals surface area (Å²) in [6, 6.07) is 14.8. The molecule has 1 heterocycles. The number of rotatable bonds is 8. The van der Waals surface area contributed by atoms with Crippen molar-refractivity contribution in [1.29, 1.82) is 0 Å². The van der Waals surface area contributed by atoms with Crippen LogP contribution in [0.15, 0.2) is 48.5 Å². The Balaban J connectivity index is 1.55. The molecule has 0 fully saturated rings. The zero-order valence-electron chi connectivity index (χ0n) is 14.4. The summed E-state index contributed by atoms with van der Waals surface area (Å²) in [5.74, 6) is 1.98. The van der Waals surface area contributed by atoms with E-state index in [1.807, 2.05) is 35.1 Å². The van der Waals surface area contributed by atoms with E-state index in [0.717, 1.165) is 22.6 Å². The van der Waals surface area contributed by atoms with Gasteiger partial charge in [-0.3, -0.25) is 4.79 Å². The highest BCUT2D eigenvalue weighted by Crippen LogP contribution is 2.19. The number of hydrogen-bond acceptors (Lipinski definition) is 5. The smallest absolute Gasteiger partial charge is 0.326 e. The lowest BCUT2D eigenvalue weighted by Gasteiger charge is -2.10. The molecule has 7 heteroatoms. The van der Waals surface area contributed by atoms with Gasteiger partial charge >= 0.3 is 5.97 Å². The van der Waals surface area contributed by atoms with Crippen molar-refractivity contribution in [3.05, 3.63) is 59.4 Å². The van der Waals surface area contributed by atoms with Gasteiger partial charge in [-0.2, -0.15) is 11.8 Å². The van der Waals surface area contributed by atoms with E-state index in [2.05, 4.69) is 4.98 Å². The van der Waals surface area contributed by atoms with Crippen LogP contribution < -0.4 is 4.74 Å². The largest absolute Gasteiger partial charge is 0.490 e. The van der Waals surface area contributed by atoms with Gasteiger partial charge in [-0.15, -0.1) is 0 Å². The fourth-order valence-corrected chi connectivity index (χ4v) is 3.17. The van der Waals surface area contributed by atoms with Crippen LogP contribution in [0.25, 0.3) is 11.0 Å². The number of carbonyl (C=O) groups excluding carboxylic acids is 1. The fraction of sp³-hybridized carbons (Fsp3) is 0.263. The van der Waals surface area contributed by atoms with Gasteiger partial charge in [0.2, 0.25) is 0 Å². The molecular formula is C19H19ClN2O3S. The molecule has 0 unspecified atom stereocenters. The Kier molecular flexibility index (Phi) is 6.41. The number of aromatic nitrogens is 2. The lowest BCUT2D eigenvalue weighted by molar-refractivity contribution is -0.145. The Labute approximate surface area is 161 Å². The first-order valence-corrected chi connectivity index (χ1v) is 9.91. The first-order valence-electron chi connectivity index (χ1n) is 8.14. The number of imidazole rings is 1. The van der Waals surface area contributed by atoms with Crippen molar-refractivity contribution in [2.24, 2.45) is 0 Å². The van der Waals surface area contributed by atoms with Gasteiger partial charge in [0.1, 0.15) is 31.3 Å². The molecule has 0 N–H and O–H groups in total. The van der Waals surface area contributed by atoms with Crippen molar-refractivity contribution in [1.82, 2.24) is 9.55 Å². The standard InChI is InChI=1S/C19H19ClN2O3S/c1-26-13-18-21-16-4-2-3-5-17(16)22(18)12-19(23)25-11-10-24-15-8-6-14(20)7-9-15/h2-9H,10-13H2,1H3. The van der Waals surface area contributed by atoms with E-state index < -0.39 is 0 Å². The van der Waals surface area contributed by atoms with Gasteiger partial charge in [-0.1, -0.05) is 23.7 Å². The van der Waals surface area contributed by atoms with Gasteiger partial charge in [0.05, 0.1) is 16.8 Å².